The fraction of sp³-hybridized carbons (Fsp3) is 0.933. The van der Waals surface area contributed by atoms with Crippen LogP contribution in [0.5, 0.6) is 0 Å². The third-order valence-electron chi connectivity index (χ3n) is 3.88. The van der Waals surface area contributed by atoms with Crippen LogP contribution in [0.1, 0.15) is 48.0 Å². The van der Waals surface area contributed by atoms with Gasteiger partial charge in [0.2, 0.25) is 5.91 Å². The van der Waals surface area contributed by atoms with Crippen molar-refractivity contribution >= 4 is 21.8 Å². The van der Waals surface area contributed by atoms with Gasteiger partial charge in [0, 0.05) is 11.4 Å². The average molecular weight is 334 g/mol. The van der Waals surface area contributed by atoms with Crippen LogP contribution in [0.4, 0.5) is 0 Å². The normalized spacial score (nSPS) is 33.2. The van der Waals surface area contributed by atoms with Crippen LogP contribution in [0.15, 0.2) is 0 Å². The van der Waals surface area contributed by atoms with Gasteiger partial charge in [0.25, 0.3) is 0 Å². The van der Waals surface area contributed by atoms with Gasteiger partial charge in [-0.2, -0.15) is 0 Å². The van der Waals surface area contributed by atoms with E-state index in [2.05, 4.69) is 48.9 Å². The predicted molar refractivity (Wildman–Crippen MR) is 82.5 cm³/mol. The van der Waals surface area contributed by atoms with Gasteiger partial charge in [0.1, 0.15) is 0 Å². The lowest BCUT2D eigenvalue weighted by molar-refractivity contribution is -0.127. The van der Waals surface area contributed by atoms with Crippen molar-refractivity contribution in [1.82, 2.24) is 5.32 Å². The second-order valence-electron chi connectivity index (χ2n) is 7.04. The first-order valence-corrected chi connectivity index (χ1v) is 8.10. The molecule has 5 unspecified atom stereocenters. The van der Waals surface area contributed by atoms with E-state index in [4.69, 9.17) is 4.74 Å². The summed E-state index contributed by atoms with van der Waals surface area (Å²) >= 11 is 3.65. The van der Waals surface area contributed by atoms with E-state index in [0.717, 1.165) is 6.42 Å². The Morgan fingerprint density at radius 3 is 2.26 bits per heavy atom. The van der Waals surface area contributed by atoms with Crippen LogP contribution in [0, 0.1) is 17.3 Å². The maximum Gasteiger partial charge on any atom is 0.226 e. The molecule has 0 aromatic rings. The minimum absolute atomic E-state index is 0.0152. The Labute approximate surface area is 126 Å². The first-order valence-electron chi connectivity index (χ1n) is 7.19. The van der Waals surface area contributed by atoms with Crippen molar-refractivity contribution in [3.63, 3.8) is 0 Å². The maximum absolute atomic E-state index is 12.3. The first kappa shape index (κ1) is 17.0. The van der Waals surface area contributed by atoms with Gasteiger partial charge < -0.3 is 10.1 Å². The summed E-state index contributed by atoms with van der Waals surface area (Å²) in [4.78, 5) is 12.6. The SMILES string of the molecule is CC1OC(C)C(C(=O)NCC(Br)CC(C)(C)C)C1C. The van der Waals surface area contributed by atoms with E-state index in [-0.39, 0.29) is 35.4 Å². The molecule has 112 valence electrons. The van der Waals surface area contributed by atoms with Crippen molar-refractivity contribution in [3.05, 3.63) is 0 Å². The number of hydrogen-bond donors (Lipinski definition) is 1. The smallest absolute Gasteiger partial charge is 0.226 e. The van der Waals surface area contributed by atoms with Gasteiger partial charge in [0.15, 0.2) is 0 Å². The van der Waals surface area contributed by atoms with Crippen LogP contribution in [-0.4, -0.2) is 29.5 Å². The Bertz CT molecular complexity index is 314. The summed E-state index contributed by atoms with van der Waals surface area (Å²) in [5.74, 6) is 0.387. The molecule has 1 saturated heterocycles. The molecule has 1 rings (SSSR count). The minimum Gasteiger partial charge on any atom is -0.374 e. The molecule has 0 bridgehead atoms. The van der Waals surface area contributed by atoms with Crippen molar-refractivity contribution in [3.8, 4) is 0 Å². The molecule has 1 heterocycles. The molecule has 1 amide bonds. The monoisotopic (exact) mass is 333 g/mol. The third kappa shape index (κ3) is 5.07. The molecule has 1 aliphatic heterocycles. The standard InChI is InChI=1S/C15H28BrNO2/c1-9-10(2)19-11(3)13(9)14(18)17-8-12(16)7-15(4,5)6/h9-13H,7-8H2,1-6H3,(H,17,18). The number of nitrogens with one attached hydrogen (secondary N) is 1. The average Bonchev–Trinajstić information content (AvgIpc) is 2.47. The van der Waals surface area contributed by atoms with Crippen LogP contribution < -0.4 is 5.32 Å². The zero-order chi connectivity index (χ0) is 14.8. The number of ether oxygens (including phenoxy) is 1. The van der Waals surface area contributed by atoms with Crippen molar-refractivity contribution in [2.45, 2.75) is 65.0 Å². The van der Waals surface area contributed by atoms with Gasteiger partial charge in [-0.15, -0.1) is 0 Å². The number of hydrogen-bond acceptors (Lipinski definition) is 2. The van der Waals surface area contributed by atoms with E-state index < -0.39 is 0 Å². The molecule has 19 heavy (non-hydrogen) atoms. The Morgan fingerprint density at radius 2 is 1.84 bits per heavy atom. The molecular weight excluding hydrogens is 306 g/mol. The maximum atomic E-state index is 12.3. The summed E-state index contributed by atoms with van der Waals surface area (Å²) in [6.07, 6.45) is 1.22. The number of carbonyl (C=O) groups is 1. The number of halogens is 1. The Morgan fingerprint density at radius 1 is 1.26 bits per heavy atom. The van der Waals surface area contributed by atoms with E-state index >= 15 is 0 Å². The molecule has 0 aromatic carbocycles. The Balaban J connectivity index is 2.43. The topological polar surface area (TPSA) is 38.3 Å². The van der Waals surface area contributed by atoms with Crippen molar-refractivity contribution in [1.29, 1.82) is 0 Å². The summed E-state index contributed by atoms with van der Waals surface area (Å²) in [7, 11) is 0. The highest BCUT2D eigenvalue weighted by atomic mass is 79.9. The van der Waals surface area contributed by atoms with Gasteiger partial charge in [-0.3, -0.25) is 4.79 Å². The first-order chi connectivity index (χ1) is 8.61. The van der Waals surface area contributed by atoms with Gasteiger partial charge in [-0.05, 0) is 31.6 Å². The Kier molecular flexibility index (Phi) is 5.87. The number of rotatable bonds is 4. The van der Waals surface area contributed by atoms with E-state index in [1.807, 2.05) is 13.8 Å². The fourth-order valence-corrected chi connectivity index (χ4v) is 3.92. The molecule has 0 spiro atoms. The molecule has 1 aliphatic rings. The second-order valence-corrected chi connectivity index (χ2v) is 8.33. The summed E-state index contributed by atoms with van der Waals surface area (Å²) in [6, 6.07) is 0. The highest BCUT2D eigenvalue weighted by molar-refractivity contribution is 9.09. The van der Waals surface area contributed by atoms with Gasteiger partial charge in [-0.25, -0.2) is 0 Å². The molecule has 1 fully saturated rings. The molecule has 3 nitrogen and oxygen atoms in total. The van der Waals surface area contributed by atoms with Gasteiger partial charge >= 0.3 is 0 Å². The molecule has 0 aromatic heterocycles. The van der Waals surface area contributed by atoms with Crippen LogP contribution in [-0.2, 0) is 9.53 Å². The van der Waals surface area contributed by atoms with Crippen LogP contribution in [0.25, 0.3) is 0 Å². The lowest BCUT2D eigenvalue weighted by Gasteiger charge is -2.24. The molecule has 0 radical (unpaired) electrons. The molecule has 0 aliphatic carbocycles. The zero-order valence-corrected chi connectivity index (χ0v) is 14.6. The lowest BCUT2D eigenvalue weighted by atomic mass is 9.88. The van der Waals surface area contributed by atoms with E-state index in [0.29, 0.717) is 11.4 Å². The van der Waals surface area contributed by atoms with Crippen molar-refractivity contribution in [2.24, 2.45) is 17.3 Å². The summed E-state index contributed by atoms with van der Waals surface area (Å²) in [5, 5.41) is 3.06. The summed E-state index contributed by atoms with van der Waals surface area (Å²) in [6.45, 7) is 13.4. The van der Waals surface area contributed by atoms with Crippen molar-refractivity contribution < 1.29 is 9.53 Å². The minimum atomic E-state index is -0.0238. The molecule has 5 atom stereocenters. The number of alkyl halides is 1. The third-order valence-corrected chi connectivity index (χ3v) is 4.52. The van der Waals surface area contributed by atoms with Gasteiger partial charge in [-0.1, -0.05) is 43.6 Å². The largest absolute Gasteiger partial charge is 0.374 e. The molecular formula is C15H28BrNO2. The summed E-state index contributed by atoms with van der Waals surface area (Å²) < 4.78 is 5.72. The fourth-order valence-electron chi connectivity index (χ4n) is 2.78. The van der Waals surface area contributed by atoms with Gasteiger partial charge in [0.05, 0.1) is 18.1 Å². The summed E-state index contributed by atoms with van der Waals surface area (Å²) in [5.41, 5.74) is 0.268. The Hall–Kier alpha value is -0.0900. The van der Waals surface area contributed by atoms with E-state index in [1.165, 1.54) is 0 Å². The van der Waals surface area contributed by atoms with Crippen LogP contribution in [0.2, 0.25) is 0 Å². The zero-order valence-electron chi connectivity index (χ0n) is 13.0. The second kappa shape index (κ2) is 6.57. The predicted octanol–water partition coefficient (Wildman–Crippen LogP) is 3.36. The number of amides is 1. The lowest BCUT2D eigenvalue weighted by Crippen LogP contribution is -2.40. The van der Waals surface area contributed by atoms with Crippen LogP contribution >= 0.6 is 15.9 Å². The van der Waals surface area contributed by atoms with Crippen molar-refractivity contribution in [2.75, 3.05) is 6.54 Å². The number of carbonyl (C=O) groups excluding carboxylic acids is 1. The highest BCUT2D eigenvalue weighted by Crippen LogP contribution is 2.32. The molecule has 4 heteroatoms. The highest BCUT2D eigenvalue weighted by Gasteiger charge is 2.41. The van der Waals surface area contributed by atoms with E-state index in [9.17, 15) is 4.79 Å². The molecule has 1 N–H and O–H groups in total. The van der Waals surface area contributed by atoms with Crippen LogP contribution in [0.3, 0.4) is 0 Å². The van der Waals surface area contributed by atoms with E-state index in [1.54, 1.807) is 0 Å². The quantitative estimate of drug-likeness (QED) is 0.801. The molecule has 0 saturated carbocycles.